The third-order valence-electron chi connectivity index (χ3n) is 13.0. The third-order valence-corrected chi connectivity index (χ3v) is 13.0. The minimum Gasteiger partial charge on any atom is -0.504 e. The first-order chi connectivity index (χ1) is 28.7. The number of carbonyl (C=O) groups is 2. The van der Waals surface area contributed by atoms with Crippen LogP contribution in [0.25, 0.3) is 6.08 Å². The Morgan fingerprint density at radius 2 is 1.64 bits per heavy atom. The minimum atomic E-state index is -0.218. The number of aromatic hydroxyl groups is 1. The van der Waals surface area contributed by atoms with E-state index in [2.05, 4.69) is 71.2 Å². The molecule has 0 spiro atoms. The Balaban J connectivity index is 1.06. The Kier molecular flexibility index (Phi) is 16.3. The van der Waals surface area contributed by atoms with E-state index in [0.29, 0.717) is 35.7 Å². The first-order valence-electron chi connectivity index (χ1n) is 22.1. The van der Waals surface area contributed by atoms with E-state index in [1.165, 1.54) is 74.8 Å². The molecule has 1 atom stereocenters. The van der Waals surface area contributed by atoms with Gasteiger partial charge in [-0.2, -0.15) is 0 Å². The number of carbonyl (C=O) groups excluding carboxylic acids is 2. The average Bonchev–Trinajstić information content (AvgIpc) is 3.71. The van der Waals surface area contributed by atoms with Crippen molar-refractivity contribution in [3.63, 3.8) is 0 Å². The highest BCUT2D eigenvalue weighted by atomic mass is 16.5. The van der Waals surface area contributed by atoms with Gasteiger partial charge in [0.25, 0.3) is 0 Å². The van der Waals surface area contributed by atoms with Gasteiger partial charge in [-0.3, -0.25) is 9.59 Å². The summed E-state index contributed by atoms with van der Waals surface area (Å²) in [6, 6.07) is 24.7. The van der Waals surface area contributed by atoms with Crippen LogP contribution in [-0.4, -0.2) is 55.4 Å². The Morgan fingerprint density at radius 3 is 2.37 bits per heavy atom. The van der Waals surface area contributed by atoms with Gasteiger partial charge >= 0.3 is 0 Å². The molecule has 4 aromatic rings. The van der Waals surface area contributed by atoms with Crippen LogP contribution in [0.15, 0.2) is 85.1 Å². The van der Waals surface area contributed by atoms with Crippen molar-refractivity contribution in [1.29, 1.82) is 0 Å². The minimum absolute atomic E-state index is 0.000702. The predicted molar refractivity (Wildman–Crippen MR) is 240 cm³/mol. The normalized spacial score (nSPS) is 16.0. The third kappa shape index (κ3) is 13.1. The fourth-order valence-electron chi connectivity index (χ4n) is 9.80. The maximum absolute atomic E-state index is 13.2. The number of pyridine rings is 1. The lowest BCUT2D eigenvalue weighted by Gasteiger charge is -2.38. The van der Waals surface area contributed by atoms with Crippen molar-refractivity contribution in [3.8, 4) is 11.5 Å². The molecule has 0 amide bonds. The van der Waals surface area contributed by atoms with Gasteiger partial charge in [-0.1, -0.05) is 73.5 Å². The van der Waals surface area contributed by atoms with Gasteiger partial charge in [-0.15, -0.1) is 0 Å². The molecule has 0 bridgehead atoms. The molecule has 6 rings (SSSR count). The van der Waals surface area contributed by atoms with Crippen molar-refractivity contribution in [2.24, 2.45) is 17.3 Å². The summed E-state index contributed by atoms with van der Waals surface area (Å²) in [5, 5.41) is 17.8. The van der Waals surface area contributed by atoms with Crippen molar-refractivity contribution in [2.75, 3.05) is 39.5 Å². The van der Waals surface area contributed by atoms with E-state index in [4.69, 9.17) is 10.5 Å². The fourth-order valence-corrected chi connectivity index (χ4v) is 9.80. The van der Waals surface area contributed by atoms with Crippen molar-refractivity contribution >= 4 is 23.5 Å². The zero-order valence-corrected chi connectivity index (χ0v) is 35.4. The van der Waals surface area contributed by atoms with Crippen LogP contribution >= 0.6 is 0 Å². The van der Waals surface area contributed by atoms with Gasteiger partial charge in [-0.25, -0.2) is 4.98 Å². The number of hydrogen-bond donors (Lipinski definition) is 4. The molecular formula is C51H66N4O4. The van der Waals surface area contributed by atoms with Gasteiger partial charge in [0.2, 0.25) is 0 Å². The van der Waals surface area contributed by atoms with Crippen LogP contribution in [0.5, 0.6) is 11.5 Å². The number of benzene rings is 3. The van der Waals surface area contributed by atoms with Crippen molar-refractivity contribution in [1.82, 2.24) is 15.6 Å². The number of nitrogen functional groups attached to an aromatic ring is 1. The molecule has 3 aromatic carbocycles. The summed E-state index contributed by atoms with van der Waals surface area (Å²) in [4.78, 5) is 30.8. The number of hydrogen-bond acceptors (Lipinski definition) is 8. The number of nitrogens with one attached hydrogen (secondary N) is 2. The Hall–Kier alpha value is -4.79. The lowest BCUT2D eigenvalue weighted by molar-refractivity contribution is -0.124. The largest absolute Gasteiger partial charge is 0.504 e. The van der Waals surface area contributed by atoms with Crippen LogP contribution in [0.4, 0.5) is 5.82 Å². The number of methoxy groups -OCH3 is 1. The molecule has 59 heavy (non-hydrogen) atoms. The van der Waals surface area contributed by atoms with Gasteiger partial charge in [-0.05, 0) is 184 Å². The topological polar surface area (TPSA) is 127 Å². The van der Waals surface area contributed by atoms with Gasteiger partial charge in [0.05, 0.1) is 13.5 Å². The molecule has 0 radical (unpaired) electrons. The van der Waals surface area contributed by atoms with Crippen LogP contribution in [0.1, 0.15) is 110 Å². The maximum atomic E-state index is 13.2. The van der Waals surface area contributed by atoms with Gasteiger partial charge in [0.15, 0.2) is 17.3 Å². The molecule has 1 aliphatic heterocycles. The Morgan fingerprint density at radius 1 is 0.932 bits per heavy atom. The molecule has 2 aliphatic rings. The Bertz CT molecular complexity index is 2000. The zero-order chi connectivity index (χ0) is 41.5. The van der Waals surface area contributed by atoms with E-state index >= 15 is 0 Å². The van der Waals surface area contributed by atoms with Gasteiger partial charge in [0.1, 0.15) is 11.6 Å². The van der Waals surface area contributed by atoms with Crippen molar-refractivity contribution in [3.05, 3.63) is 124 Å². The van der Waals surface area contributed by atoms with Crippen molar-refractivity contribution in [2.45, 2.75) is 103 Å². The standard InChI is InChI=1S/C51H66N4O4/c1-53-35-45(40-21-26-54-27-22-40)34-51(23-6-7-24-51)25-9-14-46(56)33-47(57)20-19-41-31-49(59-2)48(58)30-43(41)29-44-36-55-50(52)32-42(44)18-17-39-13-8-12-38(28-39)16-15-37-10-4-3-5-11-37/h3-5,8,10-13,19-20,28,30-32,36,40,45,53-54,58H,6-7,9,14-18,21-27,29,33-35H2,1-2H3,(H2,52,55). The zero-order valence-electron chi connectivity index (χ0n) is 35.4. The SMILES string of the molecule is CNCC(CC1(CCCC(=O)CC(=O)C=Cc2cc(OC)c(O)cc2Cc2cnc(N)cc2CCc2cccc(CCc3ccccc3)c2)CCCC1)C1CCNCC1. The highest BCUT2D eigenvalue weighted by molar-refractivity contribution is 6.06. The number of phenols is 1. The number of Topliss-reactive ketones (excluding diaryl/α,β-unsaturated/α-hetero) is 1. The average molecular weight is 799 g/mol. The molecule has 1 unspecified atom stereocenters. The smallest absolute Gasteiger partial charge is 0.163 e. The Labute approximate surface area is 352 Å². The second-order valence-electron chi connectivity index (χ2n) is 17.3. The number of phenolic OH excluding ortho intramolecular Hbond substituents is 1. The van der Waals surface area contributed by atoms with E-state index in [0.717, 1.165) is 86.3 Å². The first-order valence-corrected chi connectivity index (χ1v) is 22.1. The highest BCUT2D eigenvalue weighted by Gasteiger charge is 2.38. The van der Waals surface area contributed by atoms with E-state index in [9.17, 15) is 14.7 Å². The molecule has 314 valence electrons. The summed E-state index contributed by atoms with van der Waals surface area (Å²) < 4.78 is 5.45. The van der Waals surface area contributed by atoms with Crippen LogP contribution in [0.3, 0.4) is 0 Å². The van der Waals surface area contributed by atoms with Crippen LogP contribution in [0, 0.1) is 17.3 Å². The summed E-state index contributed by atoms with van der Waals surface area (Å²) in [7, 11) is 3.58. The fraction of sp³-hybridized carbons (Fsp3) is 0.471. The lowest BCUT2D eigenvalue weighted by Crippen LogP contribution is -2.37. The molecule has 8 heteroatoms. The highest BCUT2D eigenvalue weighted by Crippen LogP contribution is 2.48. The quantitative estimate of drug-likeness (QED) is 0.0459. The predicted octanol–water partition coefficient (Wildman–Crippen LogP) is 9.04. The number of aryl methyl sites for hydroxylation is 4. The number of nitrogens with two attached hydrogens (primary N) is 1. The molecule has 1 aromatic heterocycles. The number of ether oxygens (including phenoxy) is 1. The number of nitrogens with zero attached hydrogens (tertiary/aromatic N) is 1. The van der Waals surface area contributed by atoms with Crippen LogP contribution in [0.2, 0.25) is 0 Å². The maximum Gasteiger partial charge on any atom is 0.163 e. The number of ketones is 2. The molecule has 1 saturated heterocycles. The lowest BCUT2D eigenvalue weighted by atomic mass is 9.69. The van der Waals surface area contributed by atoms with E-state index in [1.54, 1.807) is 18.2 Å². The second kappa shape index (κ2) is 22.0. The molecular weight excluding hydrogens is 733 g/mol. The molecule has 1 saturated carbocycles. The van der Waals surface area contributed by atoms with E-state index < -0.39 is 0 Å². The van der Waals surface area contributed by atoms with Crippen LogP contribution < -0.4 is 21.1 Å². The van der Waals surface area contributed by atoms with Crippen LogP contribution in [-0.2, 0) is 41.7 Å². The summed E-state index contributed by atoms with van der Waals surface area (Å²) in [6.07, 6.45) is 20.2. The second-order valence-corrected chi connectivity index (χ2v) is 17.3. The van der Waals surface area contributed by atoms with Crippen molar-refractivity contribution < 1.29 is 19.4 Å². The van der Waals surface area contributed by atoms with Gasteiger partial charge in [0, 0.05) is 12.6 Å². The number of piperidine rings is 1. The van der Waals surface area contributed by atoms with Gasteiger partial charge < -0.3 is 26.2 Å². The molecule has 5 N–H and O–H groups in total. The molecule has 8 nitrogen and oxygen atoms in total. The van der Waals surface area contributed by atoms with E-state index in [1.807, 2.05) is 18.3 Å². The number of allylic oxidation sites excluding steroid dienone is 1. The summed E-state index contributed by atoms with van der Waals surface area (Å²) >= 11 is 0. The summed E-state index contributed by atoms with van der Waals surface area (Å²) in [5.41, 5.74) is 14.1. The molecule has 1 aliphatic carbocycles. The first kappa shape index (κ1) is 43.8. The number of anilines is 1. The monoisotopic (exact) mass is 799 g/mol. The number of aromatic nitrogens is 1. The number of rotatable bonds is 22. The molecule has 2 heterocycles. The van der Waals surface area contributed by atoms with E-state index in [-0.39, 0.29) is 23.7 Å². The molecule has 2 fully saturated rings. The summed E-state index contributed by atoms with van der Waals surface area (Å²) in [5.74, 6) is 2.01. The summed E-state index contributed by atoms with van der Waals surface area (Å²) in [6.45, 7) is 3.29.